The summed E-state index contributed by atoms with van der Waals surface area (Å²) in [7, 11) is 2.09. The number of nitrogens with zero attached hydrogens (tertiary/aromatic N) is 2. The fourth-order valence-corrected chi connectivity index (χ4v) is 1.84. The summed E-state index contributed by atoms with van der Waals surface area (Å²) in [5.41, 5.74) is 6.54. The normalized spacial score (nSPS) is 12.9. The van der Waals surface area contributed by atoms with Crippen LogP contribution in [0, 0.1) is 5.92 Å². The number of hydrogen-bond donors (Lipinski definition) is 1. The fraction of sp³-hybridized carbons (Fsp3) is 0.615. The average molecular weight is 221 g/mol. The first-order valence-corrected chi connectivity index (χ1v) is 5.93. The van der Waals surface area contributed by atoms with E-state index in [0.717, 1.165) is 11.5 Å². The molecule has 3 heteroatoms. The van der Waals surface area contributed by atoms with Gasteiger partial charge in [0.2, 0.25) is 0 Å². The highest BCUT2D eigenvalue weighted by Crippen LogP contribution is 2.17. The van der Waals surface area contributed by atoms with E-state index in [1.54, 1.807) is 0 Å². The molecule has 0 amide bonds. The number of nitrogens with two attached hydrogens (primary N) is 1. The van der Waals surface area contributed by atoms with E-state index >= 15 is 0 Å². The molecular formula is C13H23N3. The first kappa shape index (κ1) is 13.0. The summed E-state index contributed by atoms with van der Waals surface area (Å²) in [4.78, 5) is 6.74. The van der Waals surface area contributed by atoms with Crippen molar-refractivity contribution in [2.24, 2.45) is 11.7 Å². The Kier molecular flexibility index (Phi) is 4.74. The summed E-state index contributed by atoms with van der Waals surface area (Å²) in [5, 5.41) is 0. The van der Waals surface area contributed by atoms with Crippen molar-refractivity contribution in [2.75, 3.05) is 11.9 Å². The smallest absolute Gasteiger partial charge is 0.128 e. The topological polar surface area (TPSA) is 42.1 Å². The Balaban J connectivity index is 2.74. The molecule has 1 aromatic heterocycles. The number of hydrogen-bond acceptors (Lipinski definition) is 3. The van der Waals surface area contributed by atoms with Crippen molar-refractivity contribution in [2.45, 2.75) is 39.8 Å². The van der Waals surface area contributed by atoms with Gasteiger partial charge in [-0.15, -0.1) is 0 Å². The van der Waals surface area contributed by atoms with Gasteiger partial charge in [0.1, 0.15) is 5.82 Å². The molecule has 1 rings (SSSR count). The van der Waals surface area contributed by atoms with E-state index in [0.29, 0.717) is 18.5 Å². The van der Waals surface area contributed by atoms with E-state index in [4.69, 9.17) is 5.73 Å². The molecule has 0 aliphatic rings. The second kappa shape index (κ2) is 5.85. The summed E-state index contributed by atoms with van der Waals surface area (Å²) < 4.78 is 0. The zero-order valence-electron chi connectivity index (χ0n) is 10.8. The van der Waals surface area contributed by atoms with E-state index in [9.17, 15) is 0 Å². The van der Waals surface area contributed by atoms with E-state index in [1.165, 1.54) is 6.42 Å². The summed E-state index contributed by atoms with van der Waals surface area (Å²) in [6, 6.07) is 6.52. The van der Waals surface area contributed by atoms with Crippen LogP contribution in [0.2, 0.25) is 0 Å². The Morgan fingerprint density at radius 1 is 1.31 bits per heavy atom. The zero-order valence-corrected chi connectivity index (χ0v) is 10.8. The Bertz CT molecular complexity index is 323. The van der Waals surface area contributed by atoms with Gasteiger partial charge in [-0.3, -0.25) is 0 Å². The largest absolute Gasteiger partial charge is 0.357 e. The van der Waals surface area contributed by atoms with Crippen LogP contribution in [0.3, 0.4) is 0 Å². The third-order valence-corrected chi connectivity index (χ3v) is 2.84. The molecule has 1 atom stereocenters. The van der Waals surface area contributed by atoms with Crippen LogP contribution in [-0.2, 0) is 6.54 Å². The average Bonchev–Trinajstić information content (AvgIpc) is 2.27. The molecule has 0 aliphatic heterocycles. The van der Waals surface area contributed by atoms with E-state index < -0.39 is 0 Å². The number of rotatable bonds is 5. The molecule has 0 bridgehead atoms. The predicted octanol–water partition coefficient (Wildman–Crippen LogP) is 2.41. The van der Waals surface area contributed by atoms with Gasteiger partial charge in [-0.05, 0) is 31.4 Å². The molecule has 3 nitrogen and oxygen atoms in total. The summed E-state index contributed by atoms with van der Waals surface area (Å²) in [5.74, 6) is 1.71. The first-order valence-electron chi connectivity index (χ1n) is 5.93. The monoisotopic (exact) mass is 221 g/mol. The van der Waals surface area contributed by atoms with Crippen LogP contribution in [0.25, 0.3) is 0 Å². The van der Waals surface area contributed by atoms with Crippen molar-refractivity contribution >= 4 is 5.82 Å². The molecule has 1 heterocycles. The summed E-state index contributed by atoms with van der Waals surface area (Å²) >= 11 is 0. The van der Waals surface area contributed by atoms with Gasteiger partial charge in [0.15, 0.2) is 0 Å². The van der Waals surface area contributed by atoms with Gasteiger partial charge in [0, 0.05) is 19.6 Å². The van der Waals surface area contributed by atoms with Crippen LogP contribution in [0.1, 0.15) is 32.9 Å². The molecule has 0 saturated carbocycles. The van der Waals surface area contributed by atoms with E-state index in [-0.39, 0.29) is 0 Å². The molecule has 0 spiro atoms. The Hall–Kier alpha value is -1.09. The van der Waals surface area contributed by atoms with Gasteiger partial charge in [-0.25, -0.2) is 4.98 Å². The highest BCUT2D eigenvalue weighted by atomic mass is 15.2. The number of anilines is 1. The molecule has 16 heavy (non-hydrogen) atoms. The molecule has 1 unspecified atom stereocenters. The molecule has 0 saturated heterocycles. The highest BCUT2D eigenvalue weighted by Gasteiger charge is 2.12. The van der Waals surface area contributed by atoms with Crippen LogP contribution >= 0.6 is 0 Å². The van der Waals surface area contributed by atoms with Gasteiger partial charge < -0.3 is 10.6 Å². The predicted molar refractivity (Wildman–Crippen MR) is 69.4 cm³/mol. The van der Waals surface area contributed by atoms with Crippen molar-refractivity contribution in [1.29, 1.82) is 0 Å². The molecule has 0 aliphatic carbocycles. The lowest BCUT2D eigenvalue weighted by Crippen LogP contribution is -2.30. The second-order valence-electron chi connectivity index (χ2n) is 4.78. The van der Waals surface area contributed by atoms with Crippen LogP contribution in [0.15, 0.2) is 18.2 Å². The zero-order chi connectivity index (χ0) is 12.1. The van der Waals surface area contributed by atoms with Crippen LogP contribution in [0.4, 0.5) is 5.82 Å². The van der Waals surface area contributed by atoms with Gasteiger partial charge >= 0.3 is 0 Å². The minimum absolute atomic E-state index is 0.500. The highest BCUT2D eigenvalue weighted by molar-refractivity contribution is 5.39. The minimum atomic E-state index is 0.500. The maximum atomic E-state index is 5.59. The molecule has 0 radical (unpaired) electrons. The standard InChI is InChI=1S/C13H23N3/c1-10(2)8-11(3)16(4)13-7-5-6-12(9-14)15-13/h5-7,10-11H,8-9,14H2,1-4H3. The number of aromatic nitrogens is 1. The van der Waals surface area contributed by atoms with Crippen LogP contribution < -0.4 is 10.6 Å². The quantitative estimate of drug-likeness (QED) is 0.830. The summed E-state index contributed by atoms with van der Waals surface area (Å²) in [6.45, 7) is 7.22. The Morgan fingerprint density at radius 3 is 2.56 bits per heavy atom. The molecule has 2 N–H and O–H groups in total. The second-order valence-corrected chi connectivity index (χ2v) is 4.78. The fourth-order valence-electron chi connectivity index (χ4n) is 1.84. The minimum Gasteiger partial charge on any atom is -0.357 e. The molecule has 0 fully saturated rings. The third kappa shape index (κ3) is 3.49. The molecule has 0 aromatic carbocycles. The van der Waals surface area contributed by atoms with Gasteiger partial charge in [0.05, 0.1) is 5.69 Å². The van der Waals surface area contributed by atoms with E-state index in [1.807, 2.05) is 18.2 Å². The van der Waals surface area contributed by atoms with E-state index in [2.05, 4.69) is 37.7 Å². The van der Waals surface area contributed by atoms with Crippen molar-refractivity contribution in [1.82, 2.24) is 4.98 Å². The van der Waals surface area contributed by atoms with Crippen molar-refractivity contribution in [3.63, 3.8) is 0 Å². The third-order valence-electron chi connectivity index (χ3n) is 2.84. The lowest BCUT2D eigenvalue weighted by atomic mass is 10.0. The van der Waals surface area contributed by atoms with Crippen LogP contribution in [-0.4, -0.2) is 18.1 Å². The van der Waals surface area contributed by atoms with Crippen molar-refractivity contribution in [3.8, 4) is 0 Å². The Morgan fingerprint density at radius 2 is 2.00 bits per heavy atom. The maximum Gasteiger partial charge on any atom is 0.128 e. The van der Waals surface area contributed by atoms with Gasteiger partial charge in [-0.2, -0.15) is 0 Å². The first-order chi connectivity index (χ1) is 7.54. The lowest BCUT2D eigenvalue weighted by molar-refractivity contribution is 0.502. The van der Waals surface area contributed by atoms with Crippen LogP contribution in [0.5, 0.6) is 0 Å². The van der Waals surface area contributed by atoms with Gasteiger partial charge in [-0.1, -0.05) is 19.9 Å². The van der Waals surface area contributed by atoms with Gasteiger partial charge in [0.25, 0.3) is 0 Å². The van der Waals surface area contributed by atoms with Crippen molar-refractivity contribution < 1.29 is 0 Å². The summed E-state index contributed by atoms with van der Waals surface area (Å²) in [6.07, 6.45) is 1.17. The van der Waals surface area contributed by atoms with Crippen molar-refractivity contribution in [3.05, 3.63) is 23.9 Å². The molecule has 1 aromatic rings. The Labute approximate surface area is 98.7 Å². The maximum absolute atomic E-state index is 5.59. The number of pyridine rings is 1. The molecular weight excluding hydrogens is 198 g/mol. The molecule has 90 valence electrons. The lowest BCUT2D eigenvalue weighted by Gasteiger charge is -2.27. The SMILES string of the molecule is CC(C)CC(C)N(C)c1cccc(CN)n1.